The molecule has 0 N–H and O–H groups in total. The van der Waals surface area contributed by atoms with Gasteiger partial charge < -0.3 is 4.74 Å². The Labute approximate surface area is 144 Å². The number of rotatable bonds is 3. The van der Waals surface area contributed by atoms with Gasteiger partial charge in [-0.15, -0.1) is 0 Å². The minimum absolute atomic E-state index is 0.159. The molecule has 25 heavy (non-hydrogen) atoms. The van der Waals surface area contributed by atoms with Crippen molar-refractivity contribution in [3.63, 3.8) is 0 Å². The van der Waals surface area contributed by atoms with Gasteiger partial charge in [0.2, 0.25) is 5.72 Å². The average molecular weight is 368 g/mol. The van der Waals surface area contributed by atoms with Crippen molar-refractivity contribution in [1.82, 2.24) is 19.7 Å². The van der Waals surface area contributed by atoms with Gasteiger partial charge >= 0.3 is 12.2 Å². The molecule has 1 aliphatic rings. The van der Waals surface area contributed by atoms with Gasteiger partial charge in [0.05, 0.1) is 35.2 Å². The Bertz CT molecular complexity index is 869. The molecule has 2 aromatic rings. The van der Waals surface area contributed by atoms with Crippen LogP contribution in [0.4, 0.5) is 13.2 Å². The number of alkyl halides is 3. The second-order valence-electron chi connectivity index (χ2n) is 5.06. The lowest BCUT2D eigenvalue weighted by Crippen LogP contribution is -2.45. The maximum atomic E-state index is 12.9. The number of hydrogen-bond donors (Lipinski definition) is 0. The molecule has 0 aromatic carbocycles. The maximum absolute atomic E-state index is 12.9. The number of hydrogen-bond acceptors (Lipinski definition) is 5. The van der Waals surface area contributed by atoms with Crippen molar-refractivity contribution in [2.45, 2.75) is 11.9 Å². The van der Waals surface area contributed by atoms with E-state index in [1.54, 1.807) is 12.2 Å². The molecule has 6 nitrogen and oxygen atoms in total. The van der Waals surface area contributed by atoms with Crippen molar-refractivity contribution >= 4 is 11.6 Å². The summed E-state index contributed by atoms with van der Waals surface area (Å²) in [5, 5.41) is 13.4. The van der Waals surface area contributed by atoms with E-state index in [4.69, 9.17) is 16.3 Å². The van der Waals surface area contributed by atoms with Crippen molar-refractivity contribution < 1.29 is 17.9 Å². The van der Waals surface area contributed by atoms with Gasteiger partial charge in [-0.3, -0.25) is 0 Å². The summed E-state index contributed by atoms with van der Waals surface area (Å²) in [6, 6.07) is 1.83. The molecule has 2 heterocycles. The summed E-state index contributed by atoms with van der Waals surface area (Å²) in [4.78, 5) is 7.74. The van der Waals surface area contributed by atoms with Crippen molar-refractivity contribution in [3.05, 3.63) is 59.7 Å². The molecular formula is C15H9ClF3N5O. The molecule has 3 rings (SSSR count). The van der Waals surface area contributed by atoms with Gasteiger partial charge in [-0.2, -0.15) is 23.5 Å². The molecule has 2 aromatic heterocycles. The Balaban J connectivity index is 2.08. The lowest BCUT2D eigenvalue weighted by molar-refractivity contribution is -0.137. The summed E-state index contributed by atoms with van der Waals surface area (Å²) in [5.41, 5.74) is -2.63. The molecule has 1 aliphatic carbocycles. The highest BCUT2D eigenvalue weighted by Gasteiger charge is 2.44. The Morgan fingerprint density at radius 1 is 1.24 bits per heavy atom. The second kappa shape index (κ2) is 6.22. The first-order chi connectivity index (χ1) is 11.8. The summed E-state index contributed by atoms with van der Waals surface area (Å²) in [6.07, 6.45) is 5.43. The maximum Gasteiger partial charge on any atom is 0.419 e. The first-order valence-electron chi connectivity index (χ1n) is 6.90. The van der Waals surface area contributed by atoms with Crippen LogP contribution in [-0.2, 0) is 11.9 Å². The van der Waals surface area contributed by atoms with E-state index in [2.05, 4.69) is 15.1 Å². The number of nitrogens with zero attached hydrogens (tertiary/aromatic N) is 5. The zero-order chi connectivity index (χ0) is 18.1. The van der Waals surface area contributed by atoms with E-state index < -0.39 is 23.4 Å². The fraction of sp³-hybridized carbons (Fsp3) is 0.200. The van der Waals surface area contributed by atoms with Crippen LogP contribution in [0.5, 0.6) is 6.01 Å². The molecule has 0 aliphatic heterocycles. The van der Waals surface area contributed by atoms with E-state index in [1.165, 1.54) is 24.5 Å². The molecule has 0 radical (unpaired) electrons. The molecular weight excluding hydrogens is 359 g/mol. The molecule has 0 fully saturated rings. The Hall–Kier alpha value is -2.86. The van der Waals surface area contributed by atoms with Crippen LogP contribution in [0, 0.1) is 17.2 Å². The third kappa shape index (κ3) is 3.21. The average Bonchev–Trinajstić information content (AvgIpc) is 3.08. The Morgan fingerprint density at radius 2 is 1.96 bits per heavy atom. The van der Waals surface area contributed by atoms with Crippen molar-refractivity contribution in [3.8, 4) is 12.1 Å². The molecule has 0 saturated heterocycles. The van der Waals surface area contributed by atoms with Gasteiger partial charge in [0.15, 0.2) is 0 Å². The van der Waals surface area contributed by atoms with E-state index in [1.807, 2.05) is 6.07 Å². The van der Waals surface area contributed by atoms with E-state index in [0.29, 0.717) is 6.20 Å². The molecule has 2 atom stereocenters. The number of aromatic nitrogens is 4. The summed E-state index contributed by atoms with van der Waals surface area (Å²) in [7, 11) is 0. The summed E-state index contributed by atoms with van der Waals surface area (Å²) >= 11 is 5.71. The molecule has 10 heteroatoms. The Kier molecular flexibility index (Phi) is 4.22. The molecule has 128 valence electrons. The van der Waals surface area contributed by atoms with E-state index in [-0.39, 0.29) is 11.0 Å². The second-order valence-corrected chi connectivity index (χ2v) is 5.50. The fourth-order valence-electron chi connectivity index (χ4n) is 2.27. The van der Waals surface area contributed by atoms with Crippen LogP contribution in [0.25, 0.3) is 0 Å². The van der Waals surface area contributed by atoms with Gasteiger partial charge in [0.25, 0.3) is 0 Å². The Morgan fingerprint density at radius 3 is 2.56 bits per heavy atom. The van der Waals surface area contributed by atoms with Gasteiger partial charge in [-0.05, 0) is 6.08 Å². The topological polar surface area (TPSA) is 76.6 Å². The van der Waals surface area contributed by atoms with Crippen molar-refractivity contribution in [1.29, 1.82) is 5.26 Å². The molecule has 0 saturated carbocycles. The van der Waals surface area contributed by atoms with Crippen molar-refractivity contribution in [2.75, 3.05) is 0 Å². The smallest absolute Gasteiger partial charge is 0.419 e. The zero-order valence-corrected chi connectivity index (χ0v) is 13.1. The molecule has 2 unspecified atom stereocenters. The van der Waals surface area contributed by atoms with Gasteiger partial charge in [-0.25, -0.2) is 14.6 Å². The number of halogens is 4. The number of ether oxygens (including phenoxy) is 1. The van der Waals surface area contributed by atoms with E-state index in [9.17, 15) is 18.4 Å². The van der Waals surface area contributed by atoms with Crippen LogP contribution >= 0.6 is 11.6 Å². The molecule has 0 spiro atoms. The number of allylic oxidation sites excluding steroid dienone is 2. The summed E-state index contributed by atoms with van der Waals surface area (Å²) < 4.78 is 45.4. The monoisotopic (exact) mass is 367 g/mol. The molecule has 0 bridgehead atoms. The van der Waals surface area contributed by atoms with Gasteiger partial charge in [0, 0.05) is 6.20 Å². The lowest BCUT2D eigenvalue weighted by atomic mass is 9.92. The minimum atomic E-state index is -4.58. The summed E-state index contributed by atoms with van der Waals surface area (Å²) in [6.45, 7) is 0. The van der Waals surface area contributed by atoms with Crippen LogP contribution < -0.4 is 4.74 Å². The largest absolute Gasteiger partial charge is 0.429 e. The van der Waals surface area contributed by atoms with Crippen LogP contribution in [0.2, 0.25) is 5.02 Å². The highest BCUT2D eigenvalue weighted by atomic mass is 35.5. The number of nitriles is 1. The third-order valence-corrected chi connectivity index (χ3v) is 3.65. The first-order valence-corrected chi connectivity index (χ1v) is 7.27. The van der Waals surface area contributed by atoms with E-state index >= 15 is 0 Å². The highest BCUT2D eigenvalue weighted by Crippen LogP contribution is 2.36. The van der Waals surface area contributed by atoms with Gasteiger partial charge in [0.1, 0.15) is 5.92 Å². The zero-order valence-electron chi connectivity index (χ0n) is 12.4. The van der Waals surface area contributed by atoms with Crippen LogP contribution in [0.1, 0.15) is 5.56 Å². The standard InChI is InChI=1S/C15H9ClF3N5O/c16-12-7-21-13(22-8-12)25-14(4-2-1-3-10(14)5-20)24-9-11(6-23-24)15(17,18)19/h1-4,6-10H. The normalized spacial score (nSPS) is 22.6. The highest BCUT2D eigenvalue weighted by molar-refractivity contribution is 6.30. The van der Waals surface area contributed by atoms with Gasteiger partial charge in [-0.1, -0.05) is 29.8 Å². The van der Waals surface area contributed by atoms with Crippen LogP contribution in [0.3, 0.4) is 0 Å². The molecule has 0 amide bonds. The lowest BCUT2D eigenvalue weighted by Gasteiger charge is -2.34. The summed E-state index contributed by atoms with van der Waals surface area (Å²) in [5.74, 6) is -0.960. The quantitative estimate of drug-likeness (QED) is 0.831. The fourth-order valence-corrected chi connectivity index (χ4v) is 2.37. The predicted octanol–water partition coefficient (Wildman–Crippen LogP) is 3.34. The SMILES string of the molecule is N#CC1C=CC=CC1(Oc1ncc(Cl)cn1)n1cc(C(F)(F)F)cn1. The van der Waals surface area contributed by atoms with E-state index in [0.717, 1.165) is 10.9 Å². The minimum Gasteiger partial charge on any atom is -0.429 e. The predicted molar refractivity (Wildman–Crippen MR) is 80.3 cm³/mol. The van der Waals surface area contributed by atoms with Crippen LogP contribution in [-0.4, -0.2) is 19.7 Å². The first kappa shape index (κ1) is 17.0. The van der Waals surface area contributed by atoms with Crippen LogP contribution in [0.15, 0.2) is 49.1 Å². The third-order valence-electron chi connectivity index (χ3n) is 3.45. The van der Waals surface area contributed by atoms with Crippen molar-refractivity contribution in [2.24, 2.45) is 5.92 Å².